The Labute approximate surface area is 319 Å². The van der Waals surface area contributed by atoms with Crippen LogP contribution in [0.4, 0.5) is 0 Å². The quantitative estimate of drug-likeness (QED) is 0.308. The summed E-state index contributed by atoms with van der Waals surface area (Å²) in [7, 11) is 5.87. The lowest BCUT2D eigenvalue weighted by Crippen LogP contribution is -2.61. The van der Waals surface area contributed by atoms with Gasteiger partial charge in [0.15, 0.2) is 11.5 Å². The second-order valence-electron chi connectivity index (χ2n) is 14.1. The molecule has 6 amide bonds. The summed E-state index contributed by atoms with van der Waals surface area (Å²) in [4.78, 5) is 87.8. The summed E-state index contributed by atoms with van der Waals surface area (Å²) in [6.45, 7) is 4.41. The van der Waals surface area contributed by atoms with Gasteiger partial charge in [-0.3, -0.25) is 28.8 Å². The Hall–Kier alpha value is -6.12. The Bertz CT molecular complexity index is 1940. The van der Waals surface area contributed by atoms with Crippen LogP contribution in [0.25, 0.3) is 0 Å². The molecule has 3 heterocycles. The van der Waals surface area contributed by atoms with Gasteiger partial charge < -0.3 is 45.2 Å². The Balaban J connectivity index is 1.57. The number of nitrogens with zero attached hydrogens (tertiary/aromatic N) is 3. The molecule has 3 aromatic carbocycles. The third-order valence-corrected chi connectivity index (χ3v) is 10.2. The average Bonchev–Trinajstić information content (AvgIpc) is 3.17. The molecule has 15 nitrogen and oxygen atoms in total. The van der Waals surface area contributed by atoms with Gasteiger partial charge in [0.05, 0.1) is 7.11 Å². The second-order valence-corrected chi connectivity index (χ2v) is 14.1. The molecule has 0 saturated carbocycles. The molecular formula is C40H48N6O9. The average molecular weight is 757 g/mol. The predicted molar refractivity (Wildman–Crippen MR) is 201 cm³/mol. The van der Waals surface area contributed by atoms with Crippen LogP contribution in [0.3, 0.4) is 0 Å². The second kappa shape index (κ2) is 16.9. The molecule has 6 atom stereocenters. The highest BCUT2D eigenvalue weighted by Crippen LogP contribution is 2.33. The summed E-state index contributed by atoms with van der Waals surface area (Å²) in [5.74, 6) is -2.69. The highest BCUT2D eigenvalue weighted by atomic mass is 16.5. The number of benzene rings is 3. The third-order valence-electron chi connectivity index (χ3n) is 10.2. The van der Waals surface area contributed by atoms with Gasteiger partial charge in [0.2, 0.25) is 35.4 Å². The van der Waals surface area contributed by atoms with E-state index in [2.05, 4.69) is 16.0 Å². The van der Waals surface area contributed by atoms with Gasteiger partial charge in [-0.05, 0) is 73.9 Å². The van der Waals surface area contributed by atoms with E-state index in [-0.39, 0.29) is 30.8 Å². The SMILES string of the molecule is COc1ccc(C[C@@H]2C(=O)N[C@H](C)C(=O)N(C)[C@@H]3Cc4ccc(cc4)Oc4cc(ccc4O)C[C@@H](C(=O)N[C@@H](C)C(=O)N[C@@H](C)C(=O)N2C)N(C)C3=O)cc1. The van der Waals surface area contributed by atoms with Crippen molar-refractivity contribution in [2.45, 2.75) is 76.3 Å². The number of fused-ring (bicyclic) bond motifs is 2. The van der Waals surface area contributed by atoms with Gasteiger partial charge in [-0.1, -0.05) is 30.3 Å². The molecule has 3 aromatic rings. The number of rotatable bonds is 3. The Kier molecular flexibility index (Phi) is 12.3. The highest BCUT2D eigenvalue weighted by Gasteiger charge is 2.39. The minimum absolute atomic E-state index is 0.0330. The van der Waals surface area contributed by atoms with Crippen molar-refractivity contribution in [2.75, 3.05) is 28.3 Å². The number of hydrogen-bond acceptors (Lipinski definition) is 9. The summed E-state index contributed by atoms with van der Waals surface area (Å²) < 4.78 is 11.2. The number of phenols is 1. The van der Waals surface area contributed by atoms with Crippen molar-refractivity contribution in [2.24, 2.45) is 0 Å². The van der Waals surface area contributed by atoms with Crippen LogP contribution in [0.1, 0.15) is 37.5 Å². The number of methoxy groups -OCH3 is 1. The van der Waals surface area contributed by atoms with Gasteiger partial charge in [-0.2, -0.15) is 0 Å². The van der Waals surface area contributed by atoms with Gasteiger partial charge >= 0.3 is 0 Å². The summed E-state index contributed by atoms with van der Waals surface area (Å²) in [5, 5.41) is 18.6. The summed E-state index contributed by atoms with van der Waals surface area (Å²) in [6.07, 6.45) is 0.0471. The van der Waals surface area contributed by atoms with Crippen LogP contribution in [0.5, 0.6) is 23.0 Å². The largest absolute Gasteiger partial charge is 0.504 e. The predicted octanol–water partition coefficient (Wildman–Crippen LogP) is 1.54. The maximum Gasteiger partial charge on any atom is 0.246 e. The first-order valence-corrected chi connectivity index (χ1v) is 18.0. The van der Waals surface area contributed by atoms with Crippen molar-refractivity contribution in [3.63, 3.8) is 0 Å². The van der Waals surface area contributed by atoms with E-state index in [1.807, 2.05) is 0 Å². The van der Waals surface area contributed by atoms with Crippen LogP contribution < -0.4 is 25.4 Å². The van der Waals surface area contributed by atoms with E-state index in [0.717, 1.165) is 0 Å². The van der Waals surface area contributed by atoms with Crippen LogP contribution in [-0.2, 0) is 48.0 Å². The van der Waals surface area contributed by atoms with Crippen LogP contribution in [-0.4, -0.2) is 120 Å². The molecule has 0 aliphatic carbocycles. The minimum atomic E-state index is -1.20. The zero-order chi connectivity index (χ0) is 40.1. The number of likely N-dealkylation sites (N-methyl/N-ethyl adjacent to an activating group) is 3. The number of carbonyl (C=O) groups excluding carboxylic acids is 6. The van der Waals surface area contributed by atoms with E-state index in [4.69, 9.17) is 9.47 Å². The molecule has 0 radical (unpaired) electrons. The number of carbonyl (C=O) groups is 6. The van der Waals surface area contributed by atoms with Crippen LogP contribution >= 0.6 is 0 Å². The molecule has 15 heteroatoms. The summed E-state index contributed by atoms with van der Waals surface area (Å²) in [5.41, 5.74) is 1.90. The number of aromatic hydroxyl groups is 1. The topological polar surface area (TPSA) is 187 Å². The van der Waals surface area contributed by atoms with E-state index in [9.17, 15) is 33.9 Å². The Morgan fingerprint density at radius 2 is 1.20 bits per heavy atom. The van der Waals surface area contributed by atoms with Crippen molar-refractivity contribution in [1.29, 1.82) is 0 Å². The molecule has 55 heavy (non-hydrogen) atoms. The monoisotopic (exact) mass is 756 g/mol. The van der Waals surface area contributed by atoms with Crippen molar-refractivity contribution in [3.8, 4) is 23.0 Å². The van der Waals surface area contributed by atoms with E-state index in [1.54, 1.807) is 60.7 Å². The molecule has 4 N–H and O–H groups in total. The lowest BCUT2D eigenvalue weighted by atomic mass is 9.98. The fourth-order valence-electron chi connectivity index (χ4n) is 6.67. The van der Waals surface area contributed by atoms with Crippen molar-refractivity contribution >= 4 is 35.4 Å². The molecule has 6 rings (SSSR count). The molecule has 0 unspecified atom stereocenters. The molecule has 0 aromatic heterocycles. The van der Waals surface area contributed by atoms with Crippen LogP contribution in [0, 0.1) is 0 Å². The first kappa shape index (κ1) is 40.1. The number of amides is 6. The van der Waals surface area contributed by atoms with Crippen LogP contribution in [0.2, 0.25) is 0 Å². The lowest BCUT2D eigenvalue weighted by Gasteiger charge is -2.36. The molecule has 1 fully saturated rings. The molecule has 3 aliphatic heterocycles. The van der Waals surface area contributed by atoms with E-state index in [1.165, 1.54) is 69.8 Å². The smallest absolute Gasteiger partial charge is 0.246 e. The van der Waals surface area contributed by atoms with E-state index >= 15 is 0 Å². The van der Waals surface area contributed by atoms with Crippen molar-refractivity contribution in [3.05, 3.63) is 83.4 Å². The van der Waals surface area contributed by atoms with E-state index in [0.29, 0.717) is 28.2 Å². The normalized spacial score (nSPS) is 24.6. The molecule has 292 valence electrons. The number of nitrogens with one attached hydrogen (secondary N) is 3. The molecular weight excluding hydrogens is 708 g/mol. The highest BCUT2D eigenvalue weighted by molar-refractivity contribution is 5.98. The Morgan fingerprint density at radius 1 is 0.655 bits per heavy atom. The summed E-state index contributed by atoms with van der Waals surface area (Å²) in [6, 6.07) is 11.5. The van der Waals surface area contributed by atoms with Gasteiger partial charge in [0, 0.05) is 40.4 Å². The zero-order valence-electron chi connectivity index (χ0n) is 32.0. The first-order chi connectivity index (χ1) is 26.1. The number of phenolic OH excluding ortho intramolecular Hbond substituents is 1. The standard InChI is InChI=1S/C40H48N6O9/c1-22-35(48)42-23(2)38(51)44(4)30(18-25-8-13-28(54-7)14-9-25)37(50)43-24(3)39(52)46(6)32-19-26-10-15-29(16-11-26)55-34-21-27(12-17-33(34)47)20-31(36(49)41-22)45(5)40(32)53/h8-17,21-24,30-32,47H,18-20H2,1-7H3,(H,41,49)(H,42,48)(H,43,50)/t22-,23-,24+,30+,31-,32+/m0/s1. The Morgan fingerprint density at radius 3 is 1.84 bits per heavy atom. The van der Waals surface area contributed by atoms with Gasteiger partial charge in [-0.25, -0.2) is 0 Å². The van der Waals surface area contributed by atoms with Crippen molar-refractivity contribution < 1.29 is 43.3 Å². The first-order valence-electron chi connectivity index (χ1n) is 18.0. The molecule has 3 aliphatic rings. The maximum atomic E-state index is 14.6. The fourth-order valence-corrected chi connectivity index (χ4v) is 6.67. The van der Waals surface area contributed by atoms with E-state index < -0.39 is 71.7 Å². The fraction of sp³-hybridized carbons (Fsp3) is 0.400. The van der Waals surface area contributed by atoms with Crippen molar-refractivity contribution in [1.82, 2.24) is 30.7 Å². The van der Waals surface area contributed by atoms with Gasteiger partial charge in [-0.15, -0.1) is 0 Å². The minimum Gasteiger partial charge on any atom is -0.504 e. The zero-order valence-corrected chi connectivity index (χ0v) is 32.0. The molecule has 6 bridgehead atoms. The molecule has 0 spiro atoms. The number of hydrogen-bond donors (Lipinski definition) is 4. The lowest BCUT2D eigenvalue weighted by molar-refractivity contribution is -0.149. The maximum absolute atomic E-state index is 14.6. The third kappa shape index (κ3) is 9.16. The number of ether oxygens (including phenoxy) is 2. The van der Waals surface area contributed by atoms with Crippen LogP contribution in [0.15, 0.2) is 66.7 Å². The van der Waals surface area contributed by atoms with Gasteiger partial charge in [0.1, 0.15) is 47.8 Å². The summed E-state index contributed by atoms with van der Waals surface area (Å²) >= 11 is 0. The molecule has 1 saturated heterocycles. The van der Waals surface area contributed by atoms with Gasteiger partial charge in [0.25, 0.3) is 0 Å².